The van der Waals surface area contributed by atoms with Crippen LogP contribution in [0.15, 0.2) is 11.3 Å². The summed E-state index contributed by atoms with van der Waals surface area (Å²) in [7, 11) is 1.82. The van der Waals surface area contributed by atoms with Crippen molar-refractivity contribution in [3.8, 4) is 0 Å². The van der Waals surface area contributed by atoms with Gasteiger partial charge >= 0.3 is 0 Å². The minimum atomic E-state index is 0.454. The Bertz CT molecular complexity index is 237. The third-order valence-electron chi connectivity index (χ3n) is 3.65. The Balaban J connectivity index is 2.34. The van der Waals surface area contributed by atoms with Gasteiger partial charge in [-0.3, -0.25) is 0 Å². The van der Waals surface area contributed by atoms with Gasteiger partial charge in [-0.2, -0.15) is 0 Å². The first-order chi connectivity index (χ1) is 5.59. The molecule has 1 saturated carbocycles. The van der Waals surface area contributed by atoms with Gasteiger partial charge in [0.05, 0.1) is 12.9 Å². The molecule has 1 nitrogen and oxygen atoms in total. The van der Waals surface area contributed by atoms with Crippen molar-refractivity contribution in [3.05, 3.63) is 11.3 Å². The van der Waals surface area contributed by atoms with Crippen LogP contribution < -0.4 is 0 Å². The number of methoxy groups -OCH3 is 1. The van der Waals surface area contributed by atoms with E-state index in [1.165, 1.54) is 18.6 Å². The summed E-state index contributed by atoms with van der Waals surface area (Å²) in [5, 5.41) is 0. The Kier molecular flexibility index (Phi) is 1.54. The predicted molar refractivity (Wildman–Crippen MR) is 49.7 cm³/mol. The molecule has 0 bridgehead atoms. The molecule has 0 aromatic rings. The number of ether oxygens (including phenoxy) is 1. The topological polar surface area (TPSA) is 9.23 Å². The molecule has 0 aromatic heterocycles. The normalized spacial score (nSPS) is 37.7. The molecule has 1 fully saturated rings. The van der Waals surface area contributed by atoms with Gasteiger partial charge in [-0.05, 0) is 29.7 Å². The zero-order chi connectivity index (χ0) is 8.93. The lowest BCUT2D eigenvalue weighted by molar-refractivity contribution is 0.230. The van der Waals surface area contributed by atoms with E-state index in [0.29, 0.717) is 11.3 Å². The standard InChI is InChI=1S/C11H18O/c1-7-5-6-8-9(10(7)12-4)11(8,2)3/h7-8H,5-6H2,1-4H3. The quantitative estimate of drug-likeness (QED) is 0.582. The Morgan fingerprint density at radius 2 is 2.00 bits per heavy atom. The fourth-order valence-electron chi connectivity index (χ4n) is 2.76. The van der Waals surface area contributed by atoms with Gasteiger partial charge < -0.3 is 4.74 Å². The molecule has 2 aliphatic rings. The largest absolute Gasteiger partial charge is 0.501 e. The second kappa shape index (κ2) is 2.27. The molecule has 0 amide bonds. The van der Waals surface area contributed by atoms with E-state index in [-0.39, 0.29) is 0 Å². The maximum atomic E-state index is 5.47. The van der Waals surface area contributed by atoms with Crippen molar-refractivity contribution in [2.45, 2.75) is 33.6 Å². The van der Waals surface area contributed by atoms with Gasteiger partial charge in [-0.15, -0.1) is 0 Å². The Morgan fingerprint density at radius 1 is 1.33 bits per heavy atom. The maximum absolute atomic E-state index is 5.47. The lowest BCUT2D eigenvalue weighted by atomic mass is 9.95. The highest BCUT2D eigenvalue weighted by Gasteiger charge is 2.56. The van der Waals surface area contributed by atoms with E-state index < -0.39 is 0 Å². The highest BCUT2D eigenvalue weighted by Crippen LogP contribution is 2.64. The van der Waals surface area contributed by atoms with E-state index in [2.05, 4.69) is 20.8 Å². The van der Waals surface area contributed by atoms with Crippen LogP contribution in [0.3, 0.4) is 0 Å². The van der Waals surface area contributed by atoms with Gasteiger partial charge in [0.1, 0.15) is 0 Å². The summed E-state index contributed by atoms with van der Waals surface area (Å²) in [5.74, 6) is 2.78. The lowest BCUT2D eigenvalue weighted by Gasteiger charge is -2.17. The van der Waals surface area contributed by atoms with Gasteiger partial charge in [-0.25, -0.2) is 0 Å². The van der Waals surface area contributed by atoms with Crippen molar-refractivity contribution < 1.29 is 4.74 Å². The average molecular weight is 166 g/mol. The van der Waals surface area contributed by atoms with E-state index in [0.717, 1.165) is 5.92 Å². The molecule has 68 valence electrons. The molecule has 0 aliphatic heterocycles. The molecular weight excluding hydrogens is 148 g/mol. The van der Waals surface area contributed by atoms with Gasteiger partial charge in [0.2, 0.25) is 0 Å². The second-order valence-corrected chi connectivity index (χ2v) is 4.73. The zero-order valence-corrected chi connectivity index (χ0v) is 8.48. The lowest BCUT2D eigenvalue weighted by Crippen LogP contribution is -2.06. The Morgan fingerprint density at radius 3 is 2.50 bits per heavy atom. The minimum absolute atomic E-state index is 0.454. The number of allylic oxidation sites excluding steroid dienone is 2. The summed E-state index contributed by atoms with van der Waals surface area (Å²) < 4.78 is 5.47. The minimum Gasteiger partial charge on any atom is -0.501 e. The molecule has 0 N–H and O–H groups in total. The summed E-state index contributed by atoms with van der Waals surface area (Å²) in [6.45, 7) is 6.95. The fourth-order valence-corrected chi connectivity index (χ4v) is 2.76. The molecule has 1 heteroatoms. The van der Waals surface area contributed by atoms with Crippen LogP contribution in [0, 0.1) is 17.3 Å². The highest BCUT2D eigenvalue weighted by molar-refractivity contribution is 5.40. The van der Waals surface area contributed by atoms with Gasteiger partial charge in [-0.1, -0.05) is 20.8 Å². The molecule has 2 aliphatic carbocycles. The van der Waals surface area contributed by atoms with Crippen LogP contribution >= 0.6 is 0 Å². The van der Waals surface area contributed by atoms with Crippen LogP contribution in [-0.2, 0) is 4.74 Å². The van der Waals surface area contributed by atoms with Crippen LogP contribution in [0.2, 0.25) is 0 Å². The van der Waals surface area contributed by atoms with Crippen molar-refractivity contribution >= 4 is 0 Å². The monoisotopic (exact) mass is 166 g/mol. The van der Waals surface area contributed by atoms with E-state index in [9.17, 15) is 0 Å². The van der Waals surface area contributed by atoms with E-state index in [4.69, 9.17) is 4.74 Å². The van der Waals surface area contributed by atoms with Crippen molar-refractivity contribution in [2.24, 2.45) is 17.3 Å². The zero-order valence-electron chi connectivity index (χ0n) is 8.48. The first-order valence-electron chi connectivity index (χ1n) is 4.87. The van der Waals surface area contributed by atoms with Crippen LogP contribution in [0.1, 0.15) is 33.6 Å². The smallest absolute Gasteiger partial charge is 0.0984 e. The number of hydrogen-bond acceptors (Lipinski definition) is 1. The first kappa shape index (κ1) is 8.15. The SMILES string of the molecule is COC1=C2C(CCC1C)C2(C)C. The molecule has 2 atom stereocenters. The molecule has 0 aromatic carbocycles. The summed E-state index contributed by atoms with van der Waals surface area (Å²) in [4.78, 5) is 0. The third kappa shape index (κ3) is 0.854. The van der Waals surface area contributed by atoms with Crippen LogP contribution in [0.4, 0.5) is 0 Å². The Hall–Kier alpha value is -0.460. The average Bonchev–Trinajstić information content (AvgIpc) is 2.55. The highest BCUT2D eigenvalue weighted by atomic mass is 16.5. The fraction of sp³-hybridized carbons (Fsp3) is 0.818. The van der Waals surface area contributed by atoms with Gasteiger partial charge in [0.25, 0.3) is 0 Å². The van der Waals surface area contributed by atoms with Crippen LogP contribution in [-0.4, -0.2) is 7.11 Å². The molecule has 0 radical (unpaired) electrons. The van der Waals surface area contributed by atoms with Gasteiger partial charge in [0.15, 0.2) is 0 Å². The van der Waals surface area contributed by atoms with Crippen LogP contribution in [0.25, 0.3) is 0 Å². The molecule has 2 rings (SSSR count). The summed E-state index contributed by atoms with van der Waals surface area (Å²) in [6.07, 6.45) is 2.68. The van der Waals surface area contributed by atoms with Crippen LogP contribution in [0.5, 0.6) is 0 Å². The number of fused-ring (bicyclic) bond motifs is 1. The van der Waals surface area contributed by atoms with E-state index in [1.54, 1.807) is 5.57 Å². The van der Waals surface area contributed by atoms with Crippen molar-refractivity contribution in [1.29, 1.82) is 0 Å². The number of hydrogen-bond donors (Lipinski definition) is 0. The molecule has 0 heterocycles. The summed E-state index contributed by atoms with van der Waals surface area (Å²) in [5.41, 5.74) is 2.06. The third-order valence-corrected chi connectivity index (χ3v) is 3.65. The summed E-state index contributed by atoms with van der Waals surface area (Å²) in [6, 6.07) is 0. The Labute approximate surface area is 74.8 Å². The second-order valence-electron chi connectivity index (χ2n) is 4.73. The van der Waals surface area contributed by atoms with Crippen molar-refractivity contribution in [2.75, 3.05) is 7.11 Å². The maximum Gasteiger partial charge on any atom is 0.0984 e. The van der Waals surface area contributed by atoms with Gasteiger partial charge in [0, 0.05) is 5.92 Å². The molecule has 2 unspecified atom stereocenters. The molecule has 12 heavy (non-hydrogen) atoms. The summed E-state index contributed by atoms with van der Waals surface area (Å²) >= 11 is 0. The van der Waals surface area contributed by atoms with E-state index >= 15 is 0 Å². The molecular formula is C11H18O. The molecule has 0 spiro atoms. The number of rotatable bonds is 1. The predicted octanol–water partition coefficient (Wildman–Crippen LogP) is 2.97. The van der Waals surface area contributed by atoms with Crippen molar-refractivity contribution in [3.63, 3.8) is 0 Å². The van der Waals surface area contributed by atoms with E-state index in [1.807, 2.05) is 7.11 Å². The first-order valence-corrected chi connectivity index (χ1v) is 4.87. The van der Waals surface area contributed by atoms with Crippen molar-refractivity contribution in [1.82, 2.24) is 0 Å². The molecule has 0 saturated heterocycles.